The highest BCUT2D eigenvalue weighted by Crippen LogP contribution is 2.20. The lowest BCUT2D eigenvalue weighted by Crippen LogP contribution is -2.46. The number of rotatable bonds is 10. The molecule has 6 heteroatoms. The Morgan fingerprint density at radius 2 is 1.48 bits per heavy atom. The largest absolute Gasteiger partial charge is 0.493 e. The van der Waals surface area contributed by atoms with E-state index < -0.39 is 17.2 Å². The first kappa shape index (κ1) is 25.0. The molecule has 6 nitrogen and oxygen atoms in total. The van der Waals surface area contributed by atoms with Gasteiger partial charge in [0.05, 0.1) is 12.2 Å². The summed E-state index contributed by atoms with van der Waals surface area (Å²) in [7, 11) is 0. The van der Waals surface area contributed by atoms with Gasteiger partial charge in [0.2, 0.25) is 0 Å². The van der Waals surface area contributed by atoms with Gasteiger partial charge in [0.1, 0.15) is 11.4 Å². The third-order valence-corrected chi connectivity index (χ3v) is 4.29. The van der Waals surface area contributed by atoms with Gasteiger partial charge in [0, 0.05) is 24.1 Å². The van der Waals surface area contributed by atoms with Crippen LogP contribution in [0.1, 0.15) is 78.6 Å². The summed E-state index contributed by atoms with van der Waals surface area (Å²) in [6.45, 7) is 16.0. The second-order valence-corrected chi connectivity index (χ2v) is 9.55. The van der Waals surface area contributed by atoms with Crippen molar-refractivity contribution in [2.75, 3.05) is 13.2 Å². The average Bonchev–Trinajstić information content (AvgIpc) is 2.52. The Hall–Kier alpha value is -2.08. The summed E-state index contributed by atoms with van der Waals surface area (Å²) in [5, 5.41) is 2.89. The van der Waals surface area contributed by atoms with Crippen molar-refractivity contribution in [3.63, 3.8) is 0 Å². The standard InChI is InChI=1S/C23H37NO5/c1-17(25)18-9-11-19(12-10-18)27-15-14-23(7,8)28-16-13-22(5,6)24-20(26)29-21(2,3)4/h9-12H,13-16H2,1-8H3,(H,24,26). The lowest BCUT2D eigenvalue weighted by atomic mass is 10.0. The van der Waals surface area contributed by atoms with Crippen molar-refractivity contribution in [1.82, 2.24) is 5.32 Å². The molecular weight excluding hydrogens is 370 g/mol. The zero-order chi connectivity index (χ0) is 22.3. The fourth-order valence-electron chi connectivity index (χ4n) is 2.50. The number of carbonyl (C=O) groups is 2. The van der Waals surface area contributed by atoms with Crippen molar-refractivity contribution < 1.29 is 23.8 Å². The number of nitrogens with one attached hydrogen (secondary N) is 1. The second-order valence-electron chi connectivity index (χ2n) is 9.55. The fourth-order valence-corrected chi connectivity index (χ4v) is 2.50. The summed E-state index contributed by atoms with van der Waals surface area (Å²) in [6.07, 6.45) is 0.940. The molecule has 1 rings (SSSR count). The maximum Gasteiger partial charge on any atom is 0.408 e. The van der Waals surface area contributed by atoms with Crippen molar-refractivity contribution in [2.45, 2.75) is 85.0 Å². The van der Waals surface area contributed by atoms with E-state index in [0.29, 0.717) is 31.6 Å². The Morgan fingerprint density at radius 3 is 2.00 bits per heavy atom. The Labute approximate surface area is 175 Å². The number of alkyl carbamates (subject to hydrolysis) is 1. The zero-order valence-corrected chi connectivity index (χ0v) is 19.2. The van der Waals surface area contributed by atoms with E-state index in [1.54, 1.807) is 31.2 Å². The molecule has 0 atom stereocenters. The Balaban J connectivity index is 2.36. The van der Waals surface area contributed by atoms with E-state index in [2.05, 4.69) is 5.32 Å². The molecule has 0 bridgehead atoms. The molecule has 0 aliphatic heterocycles. The third-order valence-electron chi connectivity index (χ3n) is 4.29. The predicted molar refractivity (Wildman–Crippen MR) is 115 cm³/mol. The molecule has 1 aromatic rings. The first-order valence-corrected chi connectivity index (χ1v) is 10.1. The van der Waals surface area contributed by atoms with Gasteiger partial charge in [-0.15, -0.1) is 0 Å². The van der Waals surface area contributed by atoms with Crippen molar-refractivity contribution in [1.29, 1.82) is 0 Å². The van der Waals surface area contributed by atoms with Crippen LogP contribution in [0, 0.1) is 0 Å². The number of hydrogen-bond donors (Lipinski definition) is 1. The van der Waals surface area contributed by atoms with E-state index in [9.17, 15) is 9.59 Å². The van der Waals surface area contributed by atoms with Crippen LogP contribution in [0.3, 0.4) is 0 Å². The maximum absolute atomic E-state index is 12.0. The van der Waals surface area contributed by atoms with Crippen molar-refractivity contribution in [3.05, 3.63) is 29.8 Å². The first-order valence-electron chi connectivity index (χ1n) is 10.1. The van der Waals surface area contributed by atoms with Gasteiger partial charge in [0.15, 0.2) is 5.78 Å². The van der Waals surface area contributed by atoms with Crippen molar-refractivity contribution in [2.24, 2.45) is 0 Å². The van der Waals surface area contributed by atoms with Crippen LogP contribution in [-0.4, -0.2) is 41.8 Å². The lowest BCUT2D eigenvalue weighted by molar-refractivity contribution is -0.0377. The molecule has 0 aliphatic rings. The predicted octanol–water partition coefficient (Wildman–Crippen LogP) is 5.15. The molecule has 164 valence electrons. The number of carbonyl (C=O) groups excluding carboxylic acids is 2. The molecule has 0 spiro atoms. The van der Waals surface area contributed by atoms with Gasteiger partial charge >= 0.3 is 6.09 Å². The molecular formula is C23H37NO5. The molecule has 0 radical (unpaired) electrons. The Bertz CT molecular complexity index is 672. The summed E-state index contributed by atoms with van der Waals surface area (Å²) >= 11 is 0. The molecule has 0 unspecified atom stereocenters. The Kier molecular flexibility index (Phi) is 8.69. The van der Waals surface area contributed by atoms with Gasteiger partial charge in [-0.25, -0.2) is 4.79 Å². The van der Waals surface area contributed by atoms with Crippen LogP contribution in [0.15, 0.2) is 24.3 Å². The SMILES string of the molecule is CC(=O)c1ccc(OCCC(C)(C)OCCC(C)(C)NC(=O)OC(C)(C)C)cc1. The Morgan fingerprint density at radius 1 is 0.897 bits per heavy atom. The van der Waals surface area contributed by atoms with Gasteiger partial charge in [-0.2, -0.15) is 0 Å². The van der Waals surface area contributed by atoms with Gasteiger partial charge in [-0.05, 0) is 86.1 Å². The van der Waals surface area contributed by atoms with E-state index >= 15 is 0 Å². The topological polar surface area (TPSA) is 73.9 Å². The molecule has 0 aliphatic carbocycles. The summed E-state index contributed by atoms with van der Waals surface area (Å²) < 4.78 is 17.1. The summed E-state index contributed by atoms with van der Waals surface area (Å²) in [5.74, 6) is 0.767. The quantitative estimate of drug-likeness (QED) is 0.543. The monoisotopic (exact) mass is 407 g/mol. The van der Waals surface area contributed by atoms with Crippen LogP contribution in [0.5, 0.6) is 5.75 Å². The average molecular weight is 408 g/mol. The summed E-state index contributed by atoms with van der Waals surface area (Å²) in [6, 6.07) is 7.13. The van der Waals surface area contributed by atoms with Gasteiger partial charge in [-0.1, -0.05) is 0 Å². The smallest absolute Gasteiger partial charge is 0.408 e. The van der Waals surface area contributed by atoms with E-state index in [1.807, 2.05) is 48.5 Å². The maximum atomic E-state index is 12.0. The molecule has 1 amide bonds. The second kappa shape index (κ2) is 10.1. The molecule has 0 heterocycles. The van der Waals surface area contributed by atoms with Crippen LogP contribution >= 0.6 is 0 Å². The van der Waals surface area contributed by atoms with Crippen LogP contribution in [0.2, 0.25) is 0 Å². The summed E-state index contributed by atoms with van der Waals surface area (Å²) in [5.41, 5.74) is -0.650. The minimum atomic E-state index is -0.523. The lowest BCUT2D eigenvalue weighted by Gasteiger charge is -2.31. The fraction of sp³-hybridized carbons (Fsp3) is 0.652. The normalized spacial score (nSPS) is 12.4. The molecule has 0 fully saturated rings. The number of ketones is 1. The van der Waals surface area contributed by atoms with Crippen LogP contribution in [0.25, 0.3) is 0 Å². The van der Waals surface area contributed by atoms with Gasteiger partial charge < -0.3 is 19.5 Å². The van der Waals surface area contributed by atoms with Crippen LogP contribution < -0.4 is 10.1 Å². The molecule has 0 saturated heterocycles. The molecule has 0 saturated carbocycles. The number of hydrogen-bond acceptors (Lipinski definition) is 5. The van der Waals surface area contributed by atoms with E-state index in [-0.39, 0.29) is 11.4 Å². The zero-order valence-electron chi connectivity index (χ0n) is 19.2. The number of benzene rings is 1. The minimum absolute atomic E-state index is 0.0372. The first-order chi connectivity index (χ1) is 13.2. The minimum Gasteiger partial charge on any atom is -0.493 e. The van der Waals surface area contributed by atoms with Gasteiger partial charge in [-0.3, -0.25) is 4.79 Å². The number of ether oxygens (including phenoxy) is 3. The van der Waals surface area contributed by atoms with Crippen molar-refractivity contribution >= 4 is 11.9 Å². The highest BCUT2D eigenvalue weighted by Gasteiger charge is 2.26. The molecule has 1 aromatic carbocycles. The van der Waals surface area contributed by atoms with E-state index in [1.165, 1.54) is 0 Å². The number of Topliss-reactive ketones (excluding diaryl/α,β-unsaturated/α-hetero) is 1. The third kappa shape index (κ3) is 10.9. The highest BCUT2D eigenvalue weighted by molar-refractivity contribution is 5.94. The van der Waals surface area contributed by atoms with Crippen LogP contribution in [0.4, 0.5) is 4.79 Å². The van der Waals surface area contributed by atoms with Crippen LogP contribution in [-0.2, 0) is 9.47 Å². The van der Waals surface area contributed by atoms with E-state index in [0.717, 1.165) is 5.75 Å². The van der Waals surface area contributed by atoms with Gasteiger partial charge in [0.25, 0.3) is 0 Å². The summed E-state index contributed by atoms with van der Waals surface area (Å²) in [4.78, 5) is 23.3. The number of amides is 1. The molecule has 29 heavy (non-hydrogen) atoms. The molecule has 1 N–H and O–H groups in total. The highest BCUT2D eigenvalue weighted by atomic mass is 16.6. The van der Waals surface area contributed by atoms with E-state index in [4.69, 9.17) is 14.2 Å². The molecule has 0 aromatic heterocycles. The van der Waals surface area contributed by atoms with Crippen molar-refractivity contribution in [3.8, 4) is 5.75 Å².